The molecule has 3 heteroatoms. The van der Waals surface area contributed by atoms with E-state index in [-0.39, 0.29) is 0 Å². The molecule has 0 atom stereocenters. The van der Waals surface area contributed by atoms with Crippen molar-refractivity contribution < 1.29 is 0 Å². The maximum absolute atomic E-state index is 6.27. The fourth-order valence-corrected chi connectivity index (χ4v) is 3.98. The molecule has 0 radical (unpaired) electrons. The first-order chi connectivity index (χ1) is 9.83. The quantitative estimate of drug-likeness (QED) is 0.662. The van der Waals surface area contributed by atoms with E-state index in [0.29, 0.717) is 17.0 Å². The monoisotopic (exact) mass is 292 g/mol. The molecule has 1 aromatic rings. The highest BCUT2D eigenvalue weighted by Gasteiger charge is 2.22. The summed E-state index contributed by atoms with van der Waals surface area (Å²) in [6.45, 7) is 0. The van der Waals surface area contributed by atoms with Crippen LogP contribution in [-0.2, 0) is 0 Å². The molecule has 3 rings (SSSR count). The third kappa shape index (κ3) is 3.52. The summed E-state index contributed by atoms with van der Waals surface area (Å²) in [6, 6.07) is 2.00. The zero-order valence-electron chi connectivity index (χ0n) is 12.3. The van der Waals surface area contributed by atoms with Crippen LogP contribution in [0.1, 0.15) is 94.0 Å². The van der Waals surface area contributed by atoms with Crippen molar-refractivity contribution in [3.63, 3.8) is 0 Å². The predicted octanol–water partition coefficient (Wildman–Crippen LogP) is 5.62. The fraction of sp³-hybridized carbons (Fsp3) is 0.765. The summed E-state index contributed by atoms with van der Waals surface area (Å²) in [7, 11) is 0. The van der Waals surface area contributed by atoms with Gasteiger partial charge in [0.05, 0.1) is 0 Å². The highest BCUT2D eigenvalue weighted by molar-refractivity contribution is 6.29. The molecule has 0 spiro atoms. The molecule has 1 aromatic heterocycles. The Morgan fingerprint density at radius 3 is 2.00 bits per heavy atom. The van der Waals surface area contributed by atoms with Crippen LogP contribution >= 0.6 is 11.6 Å². The molecule has 0 unspecified atom stereocenters. The van der Waals surface area contributed by atoms with Gasteiger partial charge in [0.25, 0.3) is 0 Å². The van der Waals surface area contributed by atoms with Crippen molar-refractivity contribution in [3.8, 4) is 0 Å². The van der Waals surface area contributed by atoms with Crippen LogP contribution in [0.3, 0.4) is 0 Å². The smallest absolute Gasteiger partial charge is 0.133 e. The molecule has 0 amide bonds. The van der Waals surface area contributed by atoms with Crippen LogP contribution < -0.4 is 0 Å². The van der Waals surface area contributed by atoms with Crippen molar-refractivity contribution in [2.75, 3.05) is 0 Å². The van der Waals surface area contributed by atoms with E-state index in [1.165, 1.54) is 76.3 Å². The second-order valence-corrected chi connectivity index (χ2v) is 6.88. The van der Waals surface area contributed by atoms with Crippen LogP contribution in [0.25, 0.3) is 0 Å². The van der Waals surface area contributed by atoms with Crippen LogP contribution in [0.15, 0.2) is 6.07 Å². The van der Waals surface area contributed by atoms with Gasteiger partial charge in [-0.25, -0.2) is 9.97 Å². The summed E-state index contributed by atoms with van der Waals surface area (Å²) in [6.07, 6.45) is 14.5. The third-order valence-corrected chi connectivity index (χ3v) is 5.17. The first kappa shape index (κ1) is 14.3. The lowest BCUT2D eigenvalue weighted by molar-refractivity contribution is 0.440. The van der Waals surface area contributed by atoms with Gasteiger partial charge >= 0.3 is 0 Å². The van der Waals surface area contributed by atoms with Crippen molar-refractivity contribution in [1.29, 1.82) is 0 Å². The van der Waals surface area contributed by atoms with E-state index in [0.717, 1.165) is 5.82 Å². The average Bonchev–Trinajstić information content (AvgIpc) is 2.91. The van der Waals surface area contributed by atoms with E-state index in [9.17, 15) is 0 Å². The van der Waals surface area contributed by atoms with Crippen LogP contribution in [0.4, 0.5) is 0 Å². The molecular weight excluding hydrogens is 268 g/mol. The minimum atomic E-state index is 0.536. The Balaban J connectivity index is 1.80. The SMILES string of the molecule is Clc1cc(C2CCCC2)nc(C2CCCCCCC2)n1. The van der Waals surface area contributed by atoms with E-state index in [2.05, 4.69) is 4.98 Å². The minimum Gasteiger partial charge on any atom is -0.237 e. The van der Waals surface area contributed by atoms with Crippen molar-refractivity contribution >= 4 is 11.6 Å². The molecule has 2 aliphatic rings. The van der Waals surface area contributed by atoms with E-state index < -0.39 is 0 Å². The van der Waals surface area contributed by atoms with Gasteiger partial charge in [0.1, 0.15) is 11.0 Å². The number of hydrogen-bond acceptors (Lipinski definition) is 2. The molecule has 20 heavy (non-hydrogen) atoms. The molecule has 2 saturated carbocycles. The maximum Gasteiger partial charge on any atom is 0.133 e. The molecule has 0 saturated heterocycles. The standard InChI is InChI=1S/C17H25ClN2/c18-16-12-15(13-8-6-7-9-13)19-17(20-16)14-10-4-2-1-3-5-11-14/h12-14H,1-11H2. The van der Waals surface area contributed by atoms with Crippen molar-refractivity contribution in [2.24, 2.45) is 0 Å². The van der Waals surface area contributed by atoms with Gasteiger partial charge in [-0.2, -0.15) is 0 Å². The first-order valence-electron chi connectivity index (χ1n) is 8.37. The number of hydrogen-bond donors (Lipinski definition) is 0. The zero-order valence-corrected chi connectivity index (χ0v) is 13.0. The second kappa shape index (κ2) is 6.89. The Hall–Kier alpha value is -0.630. The molecule has 2 fully saturated rings. The highest BCUT2D eigenvalue weighted by atomic mass is 35.5. The zero-order chi connectivity index (χ0) is 13.8. The third-order valence-electron chi connectivity index (χ3n) is 4.98. The number of halogens is 1. The minimum absolute atomic E-state index is 0.536. The number of nitrogens with zero attached hydrogens (tertiary/aromatic N) is 2. The van der Waals surface area contributed by atoms with E-state index in [4.69, 9.17) is 16.6 Å². The van der Waals surface area contributed by atoms with Gasteiger partial charge in [0.2, 0.25) is 0 Å². The number of rotatable bonds is 2. The van der Waals surface area contributed by atoms with Crippen LogP contribution in [0.5, 0.6) is 0 Å². The van der Waals surface area contributed by atoms with Crippen molar-refractivity contribution in [1.82, 2.24) is 9.97 Å². The van der Waals surface area contributed by atoms with Gasteiger partial charge < -0.3 is 0 Å². The number of aromatic nitrogens is 2. The molecule has 0 N–H and O–H groups in total. The molecule has 0 aromatic carbocycles. The van der Waals surface area contributed by atoms with E-state index >= 15 is 0 Å². The normalized spacial score (nSPS) is 22.6. The summed E-state index contributed by atoms with van der Waals surface area (Å²) in [5.41, 5.74) is 1.21. The van der Waals surface area contributed by atoms with Gasteiger partial charge in [0.15, 0.2) is 0 Å². The van der Waals surface area contributed by atoms with Gasteiger partial charge in [-0.15, -0.1) is 0 Å². The van der Waals surface area contributed by atoms with E-state index in [1.54, 1.807) is 0 Å². The largest absolute Gasteiger partial charge is 0.237 e. The highest BCUT2D eigenvalue weighted by Crippen LogP contribution is 2.35. The van der Waals surface area contributed by atoms with Gasteiger partial charge in [0, 0.05) is 17.5 Å². The Kier molecular flexibility index (Phi) is 4.93. The summed E-state index contributed by atoms with van der Waals surface area (Å²) in [5.74, 6) is 2.19. The summed E-state index contributed by atoms with van der Waals surface area (Å²) >= 11 is 6.27. The Bertz CT molecular complexity index is 433. The lowest BCUT2D eigenvalue weighted by Crippen LogP contribution is -2.10. The Labute approximate surface area is 127 Å². The Morgan fingerprint density at radius 2 is 1.30 bits per heavy atom. The van der Waals surface area contributed by atoms with Crippen LogP contribution in [0, 0.1) is 0 Å². The van der Waals surface area contributed by atoms with Crippen LogP contribution in [0.2, 0.25) is 5.15 Å². The topological polar surface area (TPSA) is 25.8 Å². The molecule has 110 valence electrons. The summed E-state index contributed by atoms with van der Waals surface area (Å²) < 4.78 is 0. The lowest BCUT2D eigenvalue weighted by Gasteiger charge is -2.20. The predicted molar refractivity (Wildman–Crippen MR) is 83.3 cm³/mol. The van der Waals surface area contributed by atoms with E-state index in [1.807, 2.05) is 6.07 Å². The second-order valence-electron chi connectivity index (χ2n) is 6.50. The average molecular weight is 293 g/mol. The first-order valence-corrected chi connectivity index (χ1v) is 8.75. The summed E-state index contributed by atoms with van der Waals surface area (Å²) in [5, 5.41) is 0.652. The molecule has 0 bridgehead atoms. The van der Waals surface area contributed by atoms with Gasteiger partial charge in [-0.05, 0) is 31.7 Å². The fourth-order valence-electron chi connectivity index (χ4n) is 3.78. The Morgan fingerprint density at radius 1 is 0.750 bits per heavy atom. The molecule has 1 heterocycles. The van der Waals surface area contributed by atoms with Gasteiger partial charge in [-0.3, -0.25) is 0 Å². The van der Waals surface area contributed by atoms with Crippen LogP contribution in [-0.4, -0.2) is 9.97 Å². The summed E-state index contributed by atoms with van der Waals surface area (Å²) in [4.78, 5) is 9.47. The lowest BCUT2D eigenvalue weighted by atomic mass is 9.90. The maximum atomic E-state index is 6.27. The van der Waals surface area contributed by atoms with Crippen molar-refractivity contribution in [3.05, 3.63) is 22.7 Å². The van der Waals surface area contributed by atoms with Gasteiger partial charge in [-0.1, -0.05) is 56.5 Å². The van der Waals surface area contributed by atoms with Crippen molar-refractivity contribution in [2.45, 2.75) is 82.5 Å². The molecule has 2 nitrogen and oxygen atoms in total. The molecule has 0 aliphatic heterocycles. The molecule has 2 aliphatic carbocycles. The molecular formula is C17H25ClN2.